The number of ether oxygens (including phenoxy) is 2. The Morgan fingerprint density at radius 2 is 2.17 bits per heavy atom. The van der Waals surface area contributed by atoms with Crippen LogP contribution in [0.4, 0.5) is 13.2 Å². The van der Waals surface area contributed by atoms with Gasteiger partial charge in [0, 0.05) is 12.3 Å². The van der Waals surface area contributed by atoms with E-state index in [1.54, 1.807) is 0 Å². The number of imidazole rings is 1. The molecule has 1 aromatic carbocycles. The zero-order valence-corrected chi connectivity index (χ0v) is 14.1. The zero-order valence-electron chi connectivity index (χ0n) is 13.3. The first kappa shape index (κ1) is 17.6. The van der Waals surface area contributed by atoms with Crippen molar-refractivity contribution in [2.24, 2.45) is 0 Å². The number of thioether (sulfide) groups is 1. The number of alkyl halides is 3. The largest absolute Gasteiger partial charge is 0.416 e. The zero-order chi connectivity index (χ0) is 17.2. The number of benzene rings is 1. The lowest BCUT2D eigenvalue weighted by Crippen LogP contribution is -2.30. The molecule has 1 unspecified atom stereocenters. The molecular formula is C16H19F3N2O2S. The van der Waals surface area contributed by atoms with Crippen molar-refractivity contribution in [3.8, 4) is 0 Å². The van der Waals surface area contributed by atoms with Crippen molar-refractivity contribution in [1.29, 1.82) is 0 Å². The fourth-order valence-corrected chi connectivity index (χ4v) is 3.66. The van der Waals surface area contributed by atoms with Crippen LogP contribution in [0.1, 0.15) is 18.9 Å². The fourth-order valence-electron chi connectivity index (χ4n) is 2.63. The van der Waals surface area contributed by atoms with Gasteiger partial charge >= 0.3 is 6.18 Å². The van der Waals surface area contributed by atoms with E-state index < -0.39 is 11.7 Å². The number of fused-ring (bicyclic) bond motifs is 1. The Kier molecular flexibility index (Phi) is 5.36. The van der Waals surface area contributed by atoms with Crippen LogP contribution in [0.3, 0.4) is 0 Å². The monoisotopic (exact) mass is 360 g/mol. The van der Waals surface area contributed by atoms with Crippen molar-refractivity contribution in [3.63, 3.8) is 0 Å². The van der Waals surface area contributed by atoms with Crippen LogP contribution in [0, 0.1) is 0 Å². The molecule has 1 aromatic heterocycles. The minimum Gasteiger partial charge on any atom is -0.376 e. The van der Waals surface area contributed by atoms with E-state index in [9.17, 15) is 13.2 Å². The van der Waals surface area contributed by atoms with Gasteiger partial charge in [-0.1, -0.05) is 18.7 Å². The van der Waals surface area contributed by atoms with Crippen LogP contribution in [0.15, 0.2) is 23.4 Å². The van der Waals surface area contributed by atoms with Gasteiger partial charge in [-0.15, -0.1) is 0 Å². The van der Waals surface area contributed by atoms with Crippen molar-refractivity contribution in [3.05, 3.63) is 23.8 Å². The maximum Gasteiger partial charge on any atom is 0.416 e. The summed E-state index contributed by atoms with van der Waals surface area (Å²) in [4.78, 5) is 4.50. The maximum absolute atomic E-state index is 13.0. The summed E-state index contributed by atoms with van der Waals surface area (Å²) < 4.78 is 51.7. The van der Waals surface area contributed by atoms with Gasteiger partial charge in [-0.2, -0.15) is 13.2 Å². The molecule has 1 saturated heterocycles. The summed E-state index contributed by atoms with van der Waals surface area (Å²) in [5.74, 6) is 0.666. The second-order valence-corrected chi connectivity index (χ2v) is 6.61. The SMILES string of the molecule is CCCn1c(SCC2COCCO2)nc2ccc(C(F)(F)F)cc21. The van der Waals surface area contributed by atoms with E-state index in [2.05, 4.69) is 4.98 Å². The van der Waals surface area contributed by atoms with E-state index in [0.717, 1.165) is 17.6 Å². The van der Waals surface area contributed by atoms with E-state index in [0.29, 0.717) is 43.2 Å². The number of hydrogen-bond acceptors (Lipinski definition) is 4. The molecule has 4 nitrogen and oxygen atoms in total. The van der Waals surface area contributed by atoms with Gasteiger partial charge in [0.2, 0.25) is 0 Å². The van der Waals surface area contributed by atoms with E-state index in [-0.39, 0.29) is 6.10 Å². The van der Waals surface area contributed by atoms with Crippen molar-refractivity contribution < 1.29 is 22.6 Å². The minimum absolute atomic E-state index is 0.00984. The van der Waals surface area contributed by atoms with Gasteiger partial charge in [-0.25, -0.2) is 4.98 Å². The molecule has 2 aromatic rings. The molecule has 1 aliphatic heterocycles. The van der Waals surface area contributed by atoms with Gasteiger partial charge in [-0.05, 0) is 24.6 Å². The molecule has 132 valence electrons. The number of hydrogen-bond donors (Lipinski definition) is 0. The smallest absolute Gasteiger partial charge is 0.376 e. The van der Waals surface area contributed by atoms with E-state index in [4.69, 9.17) is 9.47 Å². The standard InChI is InChI=1S/C16H19F3N2O2S/c1-2-5-21-14-8-11(16(17,18)19)3-4-13(14)20-15(21)24-10-12-9-22-6-7-23-12/h3-4,8,12H,2,5-7,9-10H2,1H3. The van der Waals surface area contributed by atoms with Crippen LogP contribution in [-0.4, -0.2) is 41.2 Å². The molecule has 1 aliphatic rings. The molecule has 1 fully saturated rings. The Bertz CT molecular complexity index is 696. The van der Waals surface area contributed by atoms with Gasteiger partial charge in [0.25, 0.3) is 0 Å². The van der Waals surface area contributed by atoms with Crippen molar-refractivity contribution in [2.45, 2.75) is 37.3 Å². The molecular weight excluding hydrogens is 341 g/mol. The summed E-state index contributed by atoms with van der Waals surface area (Å²) in [7, 11) is 0. The lowest BCUT2D eigenvalue weighted by atomic mass is 10.2. The maximum atomic E-state index is 13.0. The highest BCUT2D eigenvalue weighted by atomic mass is 32.2. The average Bonchev–Trinajstić information content (AvgIpc) is 2.91. The van der Waals surface area contributed by atoms with Crippen molar-refractivity contribution >= 4 is 22.8 Å². The highest BCUT2D eigenvalue weighted by molar-refractivity contribution is 7.99. The molecule has 0 N–H and O–H groups in total. The Hall–Kier alpha value is -1.25. The summed E-state index contributed by atoms with van der Waals surface area (Å²) >= 11 is 1.50. The number of rotatable bonds is 5. The Morgan fingerprint density at radius 3 is 2.83 bits per heavy atom. The predicted octanol–water partition coefficient (Wildman–Crippen LogP) is 3.97. The third-order valence-corrected chi connectivity index (χ3v) is 4.88. The lowest BCUT2D eigenvalue weighted by Gasteiger charge is -2.22. The van der Waals surface area contributed by atoms with Gasteiger partial charge < -0.3 is 14.0 Å². The Labute approximate surface area is 142 Å². The summed E-state index contributed by atoms with van der Waals surface area (Å²) in [5.41, 5.74) is 0.461. The molecule has 0 saturated carbocycles. The Balaban J connectivity index is 1.87. The summed E-state index contributed by atoms with van der Waals surface area (Å²) in [5, 5.41) is 0.723. The van der Waals surface area contributed by atoms with E-state index in [1.165, 1.54) is 23.9 Å². The van der Waals surface area contributed by atoms with E-state index in [1.807, 2.05) is 11.5 Å². The first-order chi connectivity index (χ1) is 11.5. The third kappa shape index (κ3) is 3.87. The third-order valence-electron chi connectivity index (χ3n) is 3.77. The molecule has 0 spiro atoms. The van der Waals surface area contributed by atoms with Gasteiger partial charge in [0.05, 0.1) is 42.5 Å². The topological polar surface area (TPSA) is 36.3 Å². The van der Waals surface area contributed by atoms with Gasteiger partial charge in [0.1, 0.15) is 0 Å². The molecule has 0 aliphatic carbocycles. The second-order valence-electron chi connectivity index (χ2n) is 5.63. The predicted molar refractivity (Wildman–Crippen MR) is 86.3 cm³/mol. The van der Waals surface area contributed by atoms with Crippen LogP contribution < -0.4 is 0 Å². The molecule has 8 heteroatoms. The molecule has 0 radical (unpaired) electrons. The van der Waals surface area contributed by atoms with Crippen LogP contribution in [0.5, 0.6) is 0 Å². The summed E-state index contributed by atoms with van der Waals surface area (Å²) in [6.07, 6.45) is -3.54. The summed E-state index contributed by atoms with van der Waals surface area (Å²) in [6, 6.07) is 3.70. The first-order valence-electron chi connectivity index (χ1n) is 7.88. The molecule has 0 amide bonds. The molecule has 2 heterocycles. The lowest BCUT2D eigenvalue weighted by molar-refractivity contribution is -0.137. The molecule has 24 heavy (non-hydrogen) atoms. The highest BCUT2D eigenvalue weighted by Gasteiger charge is 2.31. The average molecular weight is 360 g/mol. The Morgan fingerprint density at radius 1 is 1.33 bits per heavy atom. The number of halogens is 3. The quantitative estimate of drug-likeness (QED) is 0.756. The van der Waals surface area contributed by atoms with Crippen molar-refractivity contribution in [2.75, 3.05) is 25.6 Å². The first-order valence-corrected chi connectivity index (χ1v) is 8.87. The normalized spacial score (nSPS) is 19.1. The van der Waals surface area contributed by atoms with Crippen LogP contribution >= 0.6 is 11.8 Å². The van der Waals surface area contributed by atoms with E-state index >= 15 is 0 Å². The molecule has 1 atom stereocenters. The summed E-state index contributed by atoms with van der Waals surface area (Å²) in [6.45, 7) is 4.34. The van der Waals surface area contributed by atoms with Gasteiger partial charge in [-0.3, -0.25) is 0 Å². The van der Waals surface area contributed by atoms with Crippen LogP contribution in [0.25, 0.3) is 11.0 Å². The number of nitrogens with zero attached hydrogens (tertiary/aromatic N) is 2. The fraction of sp³-hybridized carbons (Fsp3) is 0.562. The highest BCUT2D eigenvalue weighted by Crippen LogP contribution is 2.33. The molecule has 0 bridgehead atoms. The van der Waals surface area contributed by atoms with Crippen LogP contribution in [-0.2, 0) is 22.2 Å². The number of aromatic nitrogens is 2. The number of aryl methyl sites for hydroxylation is 1. The molecule has 3 rings (SSSR count). The second kappa shape index (κ2) is 7.33. The van der Waals surface area contributed by atoms with Crippen molar-refractivity contribution in [1.82, 2.24) is 9.55 Å². The van der Waals surface area contributed by atoms with Gasteiger partial charge in [0.15, 0.2) is 5.16 Å². The minimum atomic E-state index is -4.35. The van der Waals surface area contributed by atoms with Crippen LogP contribution in [0.2, 0.25) is 0 Å².